The van der Waals surface area contributed by atoms with Gasteiger partial charge in [-0.05, 0) is 58.6 Å². The van der Waals surface area contributed by atoms with E-state index in [1.807, 2.05) is 26.0 Å². The van der Waals surface area contributed by atoms with E-state index in [4.69, 9.17) is 20.3 Å². The summed E-state index contributed by atoms with van der Waals surface area (Å²) in [4.78, 5) is 38.0. The van der Waals surface area contributed by atoms with Gasteiger partial charge in [-0.25, -0.2) is 4.79 Å². The van der Waals surface area contributed by atoms with Gasteiger partial charge in [0.15, 0.2) is 0 Å². The summed E-state index contributed by atoms with van der Waals surface area (Å²) >= 11 is 0. The van der Waals surface area contributed by atoms with Crippen LogP contribution >= 0.6 is 0 Å². The van der Waals surface area contributed by atoms with Gasteiger partial charge in [-0.1, -0.05) is 83.5 Å². The standard InChI is InChI=1S/C34H36N4O4.Fe/c1-7-21-17(3)25-13-26-19(5)23(9-11-33(39)40)31(37-26)16-32-24(10-12-34(41)42)20(6)28(38-32)15-30-22(8-2)18(4)27(36-30)14-29(21)35-25;/h10,12,14-16,25H,7-9,11,13H2,1-6H3,(H,39,40)(H,41,42);/q-4;+4/b12-10+,28-15-,29-14-,32-16-;/t25-;/m0./s1. The molecule has 3 aromatic heterocycles. The second-order valence-electron chi connectivity index (χ2n) is 11.1. The zero-order valence-electron chi connectivity index (χ0n) is 25.4. The Morgan fingerprint density at radius 3 is 2.21 bits per heavy atom. The maximum atomic E-state index is 11.5. The number of rotatable bonds is 7. The molecule has 8 nitrogen and oxygen atoms in total. The number of allylic oxidation sites excluding steroid dienone is 1. The van der Waals surface area contributed by atoms with Gasteiger partial charge in [-0.2, -0.15) is 5.69 Å². The van der Waals surface area contributed by atoms with E-state index in [1.54, 1.807) is 6.08 Å². The summed E-state index contributed by atoms with van der Waals surface area (Å²) in [6.07, 6.45) is 11.2. The molecule has 5 heterocycles. The number of fused-ring (bicyclic) bond motifs is 8. The van der Waals surface area contributed by atoms with Crippen molar-refractivity contribution in [3.05, 3.63) is 95.1 Å². The van der Waals surface area contributed by atoms with Crippen LogP contribution in [-0.4, -0.2) is 28.2 Å². The van der Waals surface area contributed by atoms with Crippen LogP contribution in [0.2, 0.25) is 0 Å². The Morgan fingerprint density at radius 1 is 0.860 bits per heavy atom. The molecule has 0 fully saturated rings. The smallest absolute Gasteiger partial charge is 0.678 e. The van der Waals surface area contributed by atoms with Gasteiger partial charge in [-0.15, -0.1) is 33.5 Å². The molecule has 8 bridgehead atoms. The largest absolute Gasteiger partial charge is 4.00 e. The fourth-order valence-corrected chi connectivity index (χ4v) is 6.18. The van der Waals surface area contributed by atoms with Crippen molar-refractivity contribution < 1.29 is 36.9 Å². The molecule has 0 saturated carbocycles. The van der Waals surface area contributed by atoms with Gasteiger partial charge in [0.05, 0.1) is 0 Å². The SMILES string of the molecule is CCC1=C(C)[C@@H]2Cc3[n-]c(c(CCC(=O)O)c3C)/C=c3\[n-]/c(c(C)c3/C=C/C(=O)O)=C\c3[n-]c(c(C)c3CC)/C=C/1[N-]2.[Fe+4]. The predicted octanol–water partition coefficient (Wildman–Crippen LogP) is 4.20. The summed E-state index contributed by atoms with van der Waals surface area (Å²) in [5.74, 6) is -1.92. The number of hydrogen-bond donors (Lipinski definition) is 2. The van der Waals surface area contributed by atoms with Gasteiger partial charge in [-0.3, -0.25) is 4.79 Å². The Balaban J connectivity index is 0.00000423. The minimum absolute atomic E-state index is 0. The van der Waals surface area contributed by atoms with Crippen LogP contribution in [0, 0.1) is 20.8 Å². The van der Waals surface area contributed by atoms with Crippen LogP contribution < -0.4 is 25.7 Å². The third-order valence-corrected chi connectivity index (χ3v) is 8.62. The van der Waals surface area contributed by atoms with Crippen molar-refractivity contribution in [1.29, 1.82) is 0 Å². The summed E-state index contributed by atoms with van der Waals surface area (Å²) in [6, 6.07) is -0.0696. The van der Waals surface area contributed by atoms with Crippen LogP contribution in [-0.2, 0) is 45.9 Å². The number of carboxylic acids is 2. The van der Waals surface area contributed by atoms with Gasteiger partial charge in [0.25, 0.3) is 0 Å². The molecule has 0 amide bonds. The molecule has 3 aromatic rings. The van der Waals surface area contributed by atoms with Crippen molar-refractivity contribution in [1.82, 2.24) is 15.0 Å². The van der Waals surface area contributed by atoms with Gasteiger partial charge < -0.3 is 30.5 Å². The van der Waals surface area contributed by atoms with E-state index in [0.717, 1.165) is 69.5 Å². The molecule has 0 saturated heterocycles. The first kappa shape index (κ1) is 32.0. The molecular formula is C34H36FeN4O4. The van der Waals surface area contributed by atoms with Crippen molar-refractivity contribution in [2.75, 3.05) is 0 Å². The van der Waals surface area contributed by atoms with Crippen molar-refractivity contribution in [3.63, 3.8) is 0 Å². The zero-order chi connectivity index (χ0) is 30.3. The molecule has 0 radical (unpaired) electrons. The maximum Gasteiger partial charge on any atom is 4.00 e. The Morgan fingerprint density at radius 2 is 1.56 bits per heavy atom. The van der Waals surface area contributed by atoms with Crippen LogP contribution in [0.4, 0.5) is 0 Å². The van der Waals surface area contributed by atoms with Gasteiger partial charge >= 0.3 is 29.0 Å². The summed E-state index contributed by atoms with van der Waals surface area (Å²) in [5, 5.41) is 25.3. The van der Waals surface area contributed by atoms with E-state index < -0.39 is 11.9 Å². The average Bonchev–Trinajstić information content (AvgIpc) is 3.59. The van der Waals surface area contributed by atoms with Crippen molar-refractivity contribution >= 4 is 36.2 Å². The van der Waals surface area contributed by atoms with Crippen molar-refractivity contribution in [3.8, 4) is 0 Å². The molecule has 9 heteroatoms. The predicted molar refractivity (Wildman–Crippen MR) is 164 cm³/mol. The fraction of sp³-hybridized carbons (Fsp3) is 0.353. The van der Waals surface area contributed by atoms with E-state index >= 15 is 0 Å². The van der Waals surface area contributed by atoms with Crippen molar-refractivity contribution in [2.45, 2.75) is 79.7 Å². The van der Waals surface area contributed by atoms with Gasteiger partial charge in [0.1, 0.15) is 0 Å². The van der Waals surface area contributed by atoms with Crippen LogP contribution in [0.3, 0.4) is 0 Å². The third kappa shape index (κ3) is 6.10. The molecule has 224 valence electrons. The topological polar surface area (TPSA) is 131 Å². The van der Waals surface area contributed by atoms with Gasteiger partial charge in [0, 0.05) is 12.5 Å². The summed E-state index contributed by atoms with van der Waals surface area (Å²) < 4.78 is 0. The normalized spacial score (nSPS) is 18.7. The fourth-order valence-electron chi connectivity index (χ4n) is 6.18. The molecule has 2 N–H and O–H groups in total. The number of hydrogen-bond acceptors (Lipinski definition) is 2. The number of carbonyl (C=O) groups is 2. The first-order valence-corrected chi connectivity index (χ1v) is 14.5. The molecule has 0 unspecified atom stereocenters. The van der Waals surface area contributed by atoms with Crippen LogP contribution in [0.1, 0.15) is 89.8 Å². The van der Waals surface area contributed by atoms with E-state index in [2.05, 4.69) is 33.8 Å². The molecule has 0 aromatic carbocycles. The van der Waals surface area contributed by atoms with Crippen LogP contribution in [0.25, 0.3) is 29.6 Å². The minimum atomic E-state index is -1.05. The van der Waals surface area contributed by atoms with E-state index in [9.17, 15) is 19.8 Å². The molecule has 0 spiro atoms. The maximum absolute atomic E-state index is 11.5. The average molecular weight is 621 g/mol. The summed E-state index contributed by atoms with van der Waals surface area (Å²) in [5.41, 5.74) is 12.3. The summed E-state index contributed by atoms with van der Waals surface area (Å²) in [7, 11) is 0. The first-order chi connectivity index (χ1) is 20.0. The van der Waals surface area contributed by atoms with E-state index in [1.165, 1.54) is 11.1 Å². The molecule has 2 aliphatic rings. The Labute approximate surface area is 262 Å². The molecular weight excluding hydrogens is 584 g/mol. The third-order valence-electron chi connectivity index (χ3n) is 8.62. The number of aliphatic carboxylic acids is 2. The summed E-state index contributed by atoms with van der Waals surface area (Å²) in [6.45, 7) is 12.4. The zero-order valence-corrected chi connectivity index (χ0v) is 26.5. The monoisotopic (exact) mass is 620 g/mol. The quantitative estimate of drug-likeness (QED) is 0.299. The molecule has 2 aliphatic heterocycles. The van der Waals surface area contributed by atoms with Crippen molar-refractivity contribution in [2.24, 2.45) is 0 Å². The van der Waals surface area contributed by atoms with E-state index in [-0.39, 0.29) is 29.5 Å². The first-order valence-electron chi connectivity index (χ1n) is 14.5. The Bertz CT molecular complexity index is 1810. The number of aromatic nitrogens is 3. The second-order valence-corrected chi connectivity index (χ2v) is 11.1. The molecule has 1 atom stereocenters. The molecule has 5 rings (SSSR count). The minimum Gasteiger partial charge on any atom is -0.678 e. The number of carboxylic acid groups (broad SMARTS) is 2. The van der Waals surface area contributed by atoms with Crippen LogP contribution in [0.15, 0.2) is 22.9 Å². The number of nitrogens with zero attached hydrogens (tertiary/aromatic N) is 4. The van der Waals surface area contributed by atoms with Crippen LogP contribution in [0.5, 0.6) is 0 Å². The van der Waals surface area contributed by atoms with E-state index in [0.29, 0.717) is 34.8 Å². The molecule has 0 aliphatic carbocycles. The Hall–Kier alpha value is -3.94. The Kier molecular flexibility index (Phi) is 9.47. The molecule has 43 heavy (non-hydrogen) atoms. The second kappa shape index (κ2) is 12.7. The van der Waals surface area contributed by atoms with Gasteiger partial charge in [0.2, 0.25) is 0 Å².